The van der Waals surface area contributed by atoms with Crippen LogP contribution in [0.5, 0.6) is 0 Å². The molecule has 1 saturated carbocycles. The SMILES string of the molecule is C[Si](C)(C)[C]1[CH][CH][C]([Si](C)(C)C)[CH]1.Cl.[O]=[Mo]=[O]. The van der Waals surface area contributed by atoms with Gasteiger partial charge in [-0.25, -0.2) is 0 Å². The van der Waals surface area contributed by atoms with Crippen LogP contribution >= 0.6 is 12.4 Å². The van der Waals surface area contributed by atoms with E-state index in [0.717, 1.165) is 0 Å². The van der Waals surface area contributed by atoms with Crippen LogP contribution in [-0.4, -0.2) is 16.1 Å². The fourth-order valence-electron chi connectivity index (χ4n) is 1.38. The molecule has 0 aromatic carbocycles. The predicted octanol–water partition coefficient (Wildman–Crippen LogP) is 3.70. The molecule has 17 heavy (non-hydrogen) atoms. The molecule has 0 aromatic rings. The average Bonchev–Trinajstić information content (AvgIpc) is 2.49. The molecule has 1 aliphatic carbocycles. The summed E-state index contributed by atoms with van der Waals surface area (Å²) in [4.78, 5) is 0. The molecule has 0 aromatic heterocycles. The summed E-state index contributed by atoms with van der Waals surface area (Å²) in [5.41, 5.74) is 3.23. The van der Waals surface area contributed by atoms with Crippen LogP contribution in [0, 0.1) is 30.3 Å². The second-order valence-corrected chi connectivity index (χ2v) is 16.4. The van der Waals surface area contributed by atoms with Gasteiger partial charge in [0.05, 0.1) is 16.1 Å². The van der Waals surface area contributed by atoms with Crippen molar-refractivity contribution in [2.45, 2.75) is 39.3 Å². The van der Waals surface area contributed by atoms with Crippen LogP contribution in [0.15, 0.2) is 0 Å². The fourth-order valence-corrected chi connectivity index (χ4v) is 3.86. The van der Waals surface area contributed by atoms with Crippen molar-refractivity contribution in [1.29, 1.82) is 0 Å². The Hall–Kier alpha value is 1.01. The van der Waals surface area contributed by atoms with Crippen LogP contribution in [0.25, 0.3) is 0 Å². The van der Waals surface area contributed by atoms with Gasteiger partial charge >= 0.3 is 25.3 Å². The summed E-state index contributed by atoms with van der Waals surface area (Å²) in [6.45, 7) is 14.5. The van der Waals surface area contributed by atoms with Crippen LogP contribution in [0.2, 0.25) is 39.3 Å². The third-order valence-corrected chi connectivity index (χ3v) is 6.57. The van der Waals surface area contributed by atoms with Crippen molar-refractivity contribution < 1.29 is 25.3 Å². The van der Waals surface area contributed by atoms with Gasteiger partial charge in [-0.2, -0.15) is 0 Å². The molecule has 0 heterocycles. The molecular formula is C11H22ClMoO2Si2. The zero-order valence-corrected chi connectivity index (χ0v) is 16.2. The van der Waals surface area contributed by atoms with Crippen molar-refractivity contribution in [2.24, 2.45) is 0 Å². The van der Waals surface area contributed by atoms with E-state index in [9.17, 15) is 0 Å². The van der Waals surface area contributed by atoms with Gasteiger partial charge < -0.3 is 0 Å². The quantitative estimate of drug-likeness (QED) is 0.692. The number of hydrogen-bond acceptors (Lipinski definition) is 2. The Morgan fingerprint density at radius 1 is 0.824 bits per heavy atom. The molecule has 1 fully saturated rings. The molecular weight excluding hydrogens is 352 g/mol. The molecule has 5 radical (unpaired) electrons. The summed E-state index contributed by atoms with van der Waals surface area (Å²) < 4.78 is 17.0. The maximum absolute atomic E-state index is 8.50. The van der Waals surface area contributed by atoms with Crippen LogP contribution < -0.4 is 0 Å². The van der Waals surface area contributed by atoms with Crippen LogP contribution in [-0.2, 0) is 25.3 Å². The molecule has 99 valence electrons. The molecule has 0 aliphatic heterocycles. The van der Waals surface area contributed by atoms with E-state index in [4.69, 9.17) is 6.80 Å². The molecule has 0 N–H and O–H groups in total. The van der Waals surface area contributed by atoms with Crippen molar-refractivity contribution in [3.05, 3.63) is 30.3 Å². The van der Waals surface area contributed by atoms with Crippen molar-refractivity contribution in [2.75, 3.05) is 0 Å². The van der Waals surface area contributed by atoms with E-state index in [2.05, 4.69) is 58.5 Å². The van der Waals surface area contributed by atoms with Crippen LogP contribution in [0.1, 0.15) is 0 Å². The molecule has 0 amide bonds. The topological polar surface area (TPSA) is 34.1 Å². The molecule has 6 heteroatoms. The number of hydrogen-bond donors (Lipinski definition) is 0. The summed E-state index contributed by atoms with van der Waals surface area (Å²) >= 11 is -2.03. The van der Waals surface area contributed by atoms with E-state index < -0.39 is 34.6 Å². The summed E-state index contributed by atoms with van der Waals surface area (Å²) in [5, 5.41) is 0. The first-order valence-electron chi connectivity index (χ1n) is 5.32. The van der Waals surface area contributed by atoms with Crippen LogP contribution in [0.4, 0.5) is 0 Å². The van der Waals surface area contributed by atoms with Gasteiger partial charge in [0.15, 0.2) is 0 Å². The van der Waals surface area contributed by atoms with E-state index in [0.29, 0.717) is 0 Å². The van der Waals surface area contributed by atoms with Gasteiger partial charge in [-0.15, -0.1) is 12.4 Å². The van der Waals surface area contributed by atoms with E-state index >= 15 is 0 Å². The molecule has 0 saturated heterocycles. The Balaban J connectivity index is 0. The van der Waals surface area contributed by atoms with Gasteiger partial charge in [-0.3, -0.25) is 0 Å². The third-order valence-electron chi connectivity index (χ3n) is 2.49. The Morgan fingerprint density at radius 3 is 1.18 bits per heavy atom. The molecule has 0 unspecified atom stereocenters. The normalized spacial score (nSPS) is 18.0. The minimum atomic E-state index is -2.03. The first-order valence-corrected chi connectivity index (χ1v) is 14.0. The van der Waals surface area contributed by atoms with Gasteiger partial charge in [0.1, 0.15) is 0 Å². The van der Waals surface area contributed by atoms with E-state index in [-0.39, 0.29) is 12.4 Å². The molecule has 0 spiro atoms. The van der Waals surface area contributed by atoms with E-state index in [1.54, 1.807) is 11.1 Å². The predicted molar refractivity (Wildman–Crippen MR) is 74.7 cm³/mol. The van der Waals surface area contributed by atoms with Gasteiger partial charge in [0.2, 0.25) is 0 Å². The minimum absolute atomic E-state index is 0. The van der Waals surface area contributed by atoms with Crippen molar-refractivity contribution >= 4 is 28.6 Å². The molecule has 0 atom stereocenters. The Bertz CT molecular complexity index is 235. The van der Waals surface area contributed by atoms with Crippen molar-refractivity contribution in [3.63, 3.8) is 0 Å². The van der Waals surface area contributed by atoms with Crippen molar-refractivity contribution in [3.8, 4) is 0 Å². The van der Waals surface area contributed by atoms with Gasteiger partial charge in [0.25, 0.3) is 0 Å². The van der Waals surface area contributed by atoms with E-state index in [1.165, 1.54) is 0 Å². The zero-order chi connectivity index (χ0) is 13.0. The summed E-state index contributed by atoms with van der Waals surface area (Å²) in [6.07, 6.45) is 7.15. The molecule has 1 aliphatic rings. The fraction of sp³-hybridized carbons (Fsp3) is 0.545. The van der Waals surface area contributed by atoms with Crippen LogP contribution in [0.3, 0.4) is 0 Å². The summed E-state index contributed by atoms with van der Waals surface area (Å²) in [6, 6.07) is 0. The first kappa shape index (κ1) is 20.3. The van der Waals surface area contributed by atoms with Gasteiger partial charge in [-0.05, 0) is 30.3 Å². The third kappa shape index (κ3) is 7.91. The molecule has 2 nitrogen and oxygen atoms in total. The average molecular weight is 374 g/mol. The van der Waals surface area contributed by atoms with Gasteiger partial charge in [-0.1, -0.05) is 39.3 Å². The Kier molecular flexibility index (Phi) is 9.85. The second kappa shape index (κ2) is 8.24. The first-order chi connectivity index (χ1) is 7.12. The number of rotatable bonds is 2. The van der Waals surface area contributed by atoms with Crippen molar-refractivity contribution in [1.82, 2.24) is 0 Å². The second-order valence-electron chi connectivity index (χ2n) is 5.96. The maximum atomic E-state index is 8.50. The zero-order valence-electron chi connectivity index (χ0n) is 11.4. The Labute approximate surface area is 123 Å². The number of halogens is 1. The molecule has 1 rings (SSSR count). The molecule has 0 bridgehead atoms. The van der Waals surface area contributed by atoms with E-state index in [1.807, 2.05) is 0 Å². The summed E-state index contributed by atoms with van der Waals surface area (Å²) in [7, 11) is -2.14. The monoisotopic (exact) mass is 375 g/mol. The Morgan fingerprint density at radius 2 is 1.06 bits per heavy atom. The summed E-state index contributed by atoms with van der Waals surface area (Å²) in [5.74, 6) is 0. The standard InChI is InChI=1S/C11H21Si2.ClH.Mo.2O/c1-12(2,3)10-7-8-11(9-10)13(4,5)6;;;;/h7-9H,1-6H3;1H;;;. The van der Waals surface area contributed by atoms with Gasteiger partial charge in [0, 0.05) is 0 Å².